The van der Waals surface area contributed by atoms with Gasteiger partial charge >= 0.3 is 5.97 Å². The molecule has 0 aliphatic heterocycles. The summed E-state index contributed by atoms with van der Waals surface area (Å²) >= 11 is 0. The van der Waals surface area contributed by atoms with Crippen LogP contribution in [0.15, 0.2) is 54.6 Å². The van der Waals surface area contributed by atoms with Crippen molar-refractivity contribution in [3.8, 4) is 5.75 Å². The molecule has 0 radical (unpaired) electrons. The third kappa shape index (κ3) is 7.91. The zero-order valence-electron chi connectivity index (χ0n) is 14.6. The van der Waals surface area contributed by atoms with Gasteiger partial charge in [0.25, 0.3) is 0 Å². The van der Waals surface area contributed by atoms with Crippen LogP contribution < -0.4 is 4.74 Å². The lowest BCUT2D eigenvalue weighted by Gasteiger charge is -2.07. The SMILES string of the molecule is C=CCCCCCCCCC(=O)/C(=C/C)C(=O)Oc1ccccc1. The van der Waals surface area contributed by atoms with Gasteiger partial charge in [-0.05, 0) is 38.3 Å². The van der Waals surface area contributed by atoms with E-state index in [-0.39, 0.29) is 11.4 Å². The van der Waals surface area contributed by atoms with Gasteiger partial charge in [0.1, 0.15) is 5.75 Å². The van der Waals surface area contributed by atoms with E-state index in [2.05, 4.69) is 6.58 Å². The molecule has 0 amide bonds. The Morgan fingerprint density at radius 3 is 2.25 bits per heavy atom. The molecular weight excluding hydrogens is 300 g/mol. The number of allylic oxidation sites excluding steroid dienone is 2. The molecule has 1 aromatic rings. The molecule has 0 fully saturated rings. The van der Waals surface area contributed by atoms with Crippen LogP contribution in [0, 0.1) is 0 Å². The number of rotatable bonds is 12. The molecule has 0 aliphatic carbocycles. The first-order valence-electron chi connectivity index (χ1n) is 8.76. The third-order valence-electron chi connectivity index (χ3n) is 3.82. The fourth-order valence-corrected chi connectivity index (χ4v) is 2.46. The van der Waals surface area contributed by atoms with E-state index in [1.165, 1.54) is 19.3 Å². The van der Waals surface area contributed by atoms with E-state index in [4.69, 9.17) is 4.74 Å². The molecule has 0 saturated heterocycles. The number of ether oxygens (including phenoxy) is 1. The number of hydrogen-bond acceptors (Lipinski definition) is 3. The summed E-state index contributed by atoms with van der Waals surface area (Å²) in [6.45, 7) is 5.41. The molecule has 3 heteroatoms. The van der Waals surface area contributed by atoms with Gasteiger partial charge in [-0.3, -0.25) is 4.79 Å². The van der Waals surface area contributed by atoms with Crippen LogP contribution in [0.5, 0.6) is 5.75 Å². The first-order valence-corrected chi connectivity index (χ1v) is 8.76. The summed E-state index contributed by atoms with van der Waals surface area (Å²) in [5, 5.41) is 0. The van der Waals surface area contributed by atoms with Crippen molar-refractivity contribution in [3.05, 3.63) is 54.6 Å². The van der Waals surface area contributed by atoms with Gasteiger partial charge in [0, 0.05) is 6.42 Å². The molecule has 0 atom stereocenters. The Bertz CT molecular complexity index is 543. The third-order valence-corrected chi connectivity index (χ3v) is 3.82. The fourth-order valence-electron chi connectivity index (χ4n) is 2.46. The number of hydrogen-bond donors (Lipinski definition) is 0. The number of Topliss-reactive ketones (excluding diaryl/α,β-unsaturated/α-hetero) is 1. The lowest BCUT2D eigenvalue weighted by molar-refractivity contribution is -0.132. The standard InChI is InChI=1S/C21H28O3/c1-3-5-6-7-8-9-10-14-17-20(22)19(4-2)21(23)24-18-15-12-11-13-16-18/h3-4,11-13,15-16H,1,5-10,14,17H2,2H3/b19-4-. The van der Waals surface area contributed by atoms with Crippen LogP contribution in [0.4, 0.5) is 0 Å². The van der Waals surface area contributed by atoms with Crippen LogP contribution in [0.1, 0.15) is 58.3 Å². The van der Waals surface area contributed by atoms with Gasteiger partial charge in [0.05, 0.1) is 5.57 Å². The number of carbonyl (C=O) groups excluding carboxylic acids is 2. The average Bonchev–Trinajstić information content (AvgIpc) is 2.58. The zero-order chi connectivity index (χ0) is 17.6. The molecule has 0 unspecified atom stereocenters. The highest BCUT2D eigenvalue weighted by Gasteiger charge is 2.18. The molecule has 0 spiro atoms. The van der Waals surface area contributed by atoms with Crippen LogP contribution in [-0.4, -0.2) is 11.8 Å². The lowest BCUT2D eigenvalue weighted by Crippen LogP contribution is -2.18. The molecule has 130 valence electrons. The second-order valence-corrected chi connectivity index (χ2v) is 5.78. The Balaban J connectivity index is 2.28. The van der Waals surface area contributed by atoms with Crippen LogP contribution in [-0.2, 0) is 9.59 Å². The van der Waals surface area contributed by atoms with Crippen molar-refractivity contribution in [2.75, 3.05) is 0 Å². The van der Waals surface area contributed by atoms with Crippen molar-refractivity contribution in [2.24, 2.45) is 0 Å². The van der Waals surface area contributed by atoms with Crippen molar-refractivity contribution in [3.63, 3.8) is 0 Å². The van der Waals surface area contributed by atoms with Gasteiger partial charge in [-0.15, -0.1) is 6.58 Å². The van der Waals surface area contributed by atoms with E-state index < -0.39 is 5.97 Å². The van der Waals surface area contributed by atoms with Crippen molar-refractivity contribution >= 4 is 11.8 Å². The Morgan fingerprint density at radius 2 is 1.62 bits per heavy atom. The highest BCUT2D eigenvalue weighted by molar-refractivity contribution is 6.17. The first kappa shape index (κ1) is 19.9. The minimum atomic E-state index is -0.571. The van der Waals surface area contributed by atoms with Gasteiger partial charge in [-0.2, -0.15) is 0 Å². The highest BCUT2D eigenvalue weighted by atomic mass is 16.5. The van der Waals surface area contributed by atoms with Crippen molar-refractivity contribution in [1.82, 2.24) is 0 Å². The number of unbranched alkanes of at least 4 members (excludes halogenated alkanes) is 6. The summed E-state index contributed by atoms with van der Waals surface area (Å²) in [5.74, 6) is -0.252. The van der Waals surface area contributed by atoms with E-state index in [0.717, 1.165) is 25.7 Å². The molecule has 3 nitrogen and oxygen atoms in total. The lowest BCUT2D eigenvalue weighted by atomic mass is 10.0. The fraction of sp³-hybridized carbons (Fsp3) is 0.429. The molecular formula is C21H28O3. The summed E-state index contributed by atoms with van der Waals surface area (Å²) in [7, 11) is 0. The Labute approximate surface area is 145 Å². The van der Waals surface area contributed by atoms with E-state index in [1.54, 1.807) is 37.3 Å². The first-order chi connectivity index (χ1) is 11.7. The zero-order valence-corrected chi connectivity index (χ0v) is 14.6. The van der Waals surface area contributed by atoms with E-state index >= 15 is 0 Å². The number of para-hydroxylation sites is 1. The molecule has 0 N–H and O–H groups in total. The molecule has 0 aliphatic rings. The second kappa shape index (κ2) is 12.3. The summed E-state index contributed by atoms with van der Waals surface area (Å²) in [5.41, 5.74) is 0.143. The number of carbonyl (C=O) groups is 2. The smallest absolute Gasteiger partial charge is 0.346 e. The van der Waals surface area contributed by atoms with Crippen LogP contribution in [0.25, 0.3) is 0 Å². The maximum Gasteiger partial charge on any atom is 0.346 e. The molecule has 0 heterocycles. The highest BCUT2D eigenvalue weighted by Crippen LogP contribution is 2.14. The number of benzene rings is 1. The van der Waals surface area contributed by atoms with Crippen LogP contribution >= 0.6 is 0 Å². The summed E-state index contributed by atoms with van der Waals surface area (Å²) in [6.07, 6.45) is 11.5. The Hall–Kier alpha value is -2.16. The largest absolute Gasteiger partial charge is 0.423 e. The van der Waals surface area contributed by atoms with E-state index in [9.17, 15) is 9.59 Å². The maximum absolute atomic E-state index is 12.2. The summed E-state index contributed by atoms with van der Waals surface area (Å²) in [4.78, 5) is 24.3. The van der Waals surface area contributed by atoms with Crippen molar-refractivity contribution in [2.45, 2.75) is 58.3 Å². The van der Waals surface area contributed by atoms with Gasteiger partial charge < -0.3 is 4.74 Å². The van der Waals surface area contributed by atoms with E-state index in [0.29, 0.717) is 12.2 Å². The number of esters is 1. The van der Waals surface area contributed by atoms with Gasteiger partial charge in [0.15, 0.2) is 5.78 Å². The van der Waals surface area contributed by atoms with Gasteiger partial charge in [-0.25, -0.2) is 4.79 Å². The topological polar surface area (TPSA) is 43.4 Å². The monoisotopic (exact) mass is 328 g/mol. The molecule has 0 aromatic heterocycles. The Morgan fingerprint density at radius 1 is 1.00 bits per heavy atom. The molecule has 1 rings (SSSR count). The second-order valence-electron chi connectivity index (χ2n) is 5.78. The van der Waals surface area contributed by atoms with E-state index in [1.807, 2.05) is 12.1 Å². The number of ketones is 1. The van der Waals surface area contributed by atoms with Crippen molar-refractivity contribution < 1.29 is 14.3 Å². The Kier molecular flexibility index (Phi) is 10.2. The van der Waals surface area contributed by atoms with Gasteiger partial charge in [-0.1, -0.05) is 56.0 Å². The molecule has 24 heavy (non-hydrogen) atoms. The molecule has 1 aromatic carbocycles. The van der Waals surface area contributed by atoms with Crippen LogP contribution in [0.3, 0.4) is 0 Å². The molecule has 0 saturated carbocycles. The minimum absolute atomic E-state index is 0.134. The minimum Gasteiger partial charge on any atom is -0.423 e. The average molecular weight is 328 g/mol. The summed E-state index contributed by atoms with van der Waals surface area (Å²) in [6, 6.07) is 8.81. The molecule has 0 bridgehead atoms. The quantitative estimate of drug-likeness (QED) is 0.0979. The maximum atomic E-state index is 12.2. The predicted molar refractivity (Wildman–Crippen MR) is 98.0 cm³/mol. The van der Waals surface area contributed by atoms with Crippen LogP contribution in [0.2, 0.25) is 0 Å². The van der Waals surface area contributed by atoms with Gasteiger partial charge in [0.2, 0.25) is 0 Å². The predicted octanol–water partition coefficient (Wildman–Crippen LogP) is 5.41. The van der Waals surface area contributed by atoms with Crippen molar-refractivity contribution in [1.29, 1.82) is 0 Å². The summed E-state index contributed by atoms with van der Waals surface area (Å²) < 4.78 is 5.23. The normalized spacial score (nSPS) is 11.1.